The van der Waals surface area contributed by atoms with Crippen LogP contribution >= 0.6 is 0 Å². The molecule has 1 unspecified atom stereocenters. The van der Waals surface area contributed by atoms with E-state index in [4.69, 9.17) is 0 Å². The highest BCUT2D eigenvalue weighted by Gasteiger charge is 2.34. The molecule has 0 fully saturated rings. The van der Waals surface area contributed by atoms with E-state index in [1.165, 1.54) is 18.3 Å². The van der Waals surface area contributed by atoms with Crippen molar-refractivity contribution in [3.05, 3.63) is 53.6 Å². The fraction of sp³-hybridized carbons (Fsp3) is 0.200. The summed E-state index contributed by atoms with van der Waals surface area (Å²) in [6.45, 7) is 1.64. The lowest BCUT2D eigenvalue weighted by Crippen LogP contribution is -2.10. The number of carbonyl (C=O) groups excluding carboxylic acids is 1. The molecule has 2 rings (SSSR count). The number of nitrogens with zero attached hydrogens (tertiary/aromatic N) is 1. The van der Waals surface area contributed by atoms with Gasteiger partial charge in [-0.2, -0.15) is 13.2 Å². The van der Waals surface area contributed by atoms with Crippen LogP contribution in [0.2, 0.25) is 0 Å². The van der Waals surface area contributed by atoms with E-state index in [-0.39, 0.29) is 5.69 Å². The lowest BCUT2D eigenvalue weighted by Gasteiger charge is -2.15. The molecule has 0 radical (unpaired) electrons. The summed E-state index contributed by atoms with van der Waals surface area (Å²) in [4.78, 5) is 14.6. The Labute approximate surface area is 124 Å². The molecule has 0 amide bonds. The molecule has 0 bridgehead atoms. The molecule has 1 aromatic heterocycles. The Morgan fingerprint density at radius 3 is 2.50 bits per heavy atom. The van der Waals surface area contributed by atoms with Gasteiger partial charge in [-0.25, -0.2) is 4.39 Å². The Morgan fingerprint density at radius 2 is 1.95 bits per heavy atom. The summed E-state index contributed by atoms with van der Waals surface area (Å²) in [7, 11) is 0. The fourth-order valence-corrected chi connectivity index (χ4v) is 1.85. The van der Waals surface area contributed by atoms with Gasteiger partial charge in [-0.1, -0.05) is 13.0 Å². The van der Waals surface area contributed by atoms with Crippen molar-refractivity contribution in [2.24, 2.45) is 0 Å². The minimum absolute atomic E-state index is 0.192. The molecule has 0 saturated heterocycles. The monoisotopic (exact) mass is 312 g/mol. The van der Waals surface area contributed by atoms with Gasteiger partial charge in [0.15, 0.2) is 0 Å². The molecule has 22 heavy (non-hydrogen) atoms. The van der Waals surface area contributed by atoms with E-state index in [9.17, 15) is 22.4 Å². The number of halogens is 4. The number of nitrogens with one attached hydrogen (secondary N) is 1. The van der Waals surface area contributed by atoms with Gasteiger partial charge >= 0.3 is 6.18 Å². The molecule has 1 N–H and O–H groups in total. The average molecular weight is 312 g/mol. The maximum absolute atomic E-state index is 13.7. The van der Waals surface area contributed by atoms with Crippen LogP contribution in [-0.2, 0) is 11.0 Å². The van der Waals surface area contributed by atoms with Crippen molar-refractivity contribution in [2.45, 2.75) is 19.0 Å². The van der Waals surface area contributed by atoms with Crippen molar-refractivity contribution in [3.8, 4) is 0 Å². The van der Waals surface area contributed by atoms with Gasteiger partial charge in [-0.05, 0) is 24.3 Å². The predicted molar refractivity (Wildman–Crippen MR) is 73.4 cm³/mol. The van der Waals surface area contributed by atoms with Crippen LogP contribution in [0.25, 0.3) is 0 Å². The number of rotatable bonds is 4. The first-order valence-corrected chi connectivity index (χ1v) is 6.37. The number of para-hydroxylation sites is 1. The number of hydrogen-bond donors (Lipinski definition) is 1. The van der Waals surface area contributed by atoms with Crippen molar-refractivity contribution in [2.75, 3.05) is 5.32 Å². The molecule has 0 spiro atoms. The normalized spacial score (nSPS) is 12.8. The van der Waals surface area contributed by atoms with E-state index in [1.54, 1.807) is 6.92 Å². The Kier molecular flexibility index (Phi) is 4.44. The second-order valence-corrected chi connectivity index (χ2v) is 4.68. The molecule has 0 aliphatic carbocycles. The summed E-state index contributed by atoms with van der Waals surface area (Å²) < 4.78 is 52.4. The van der Waals surface area contributed by atoms with Crippen LogP contribution in [0.5, 0.6) is 0 Å². The van der Waals surface area contributed by atoms with Crippen molar-refractivity contribution < 1.29 is 22.4 Å². The third-order valence-corrected chi connectivity index (χ3v) is 3.05. The molecule has 0 aliphatic heterocycles. The van der Waals surface area contributed by atoms with Crippen LogP contribution in [0, 0.1) is 5.82 Å². The number of anilines is 2. The Bertz CT molecular complexity index is 668. The number of benzene rings is 1. The lowest BCUT2D eigenvalue weighted by atomic mass is 10.1. The van der Waals surface area contributed by atoms with Gasteiger partial charge in [-0.3, -0.25) is 4.98 Å². The Balaban J connectivity index is 2.33. The standard InChI is InChI=1S/C15H12F4N2O/c1-9(8-22)13-6-5-10(7-20-13)21-14-11(15(17,18)19)3-2-4-12(14)16/h2-9,21H,1H3. The number of aldehydes is 1. The second-order valence-electron chi connectivity index (χ2n) is 4.68. The van der Waals surface area contributed by atoms with Crippen LogP contribution in [0.4, 0.5) is 28.9 Å². The van der Waals surface area contributed by atoms with E-state index >= 15 is 0 Å². The van der Waals surface area contributed by atoms with Gasteiger partial charge in [0.1, 0.15) is 12.1 Å². The zero-order valence-corrected chi connectivity index (χ0v) is 11.5. The van der Waals surface area contributed by atoms with Gasteiger partial charge in [-0.15, -0.1) is 0 Å². The highest BCUT2D eigenvalue weighted by atomic mass is 19.4. The molecule has 1 aromatic carbocycles. The summed E-state index contributed by atoms with van der Waals surface area (Å²) in [6.07, 6.45) is -2.72. The van der Waals surface area contributed by atoms with Crippen molar-refractivity contribution in [1.82, 2.24) is 4.98 Å². The average Bonchev–Trinajstić information content (AvgIpc) is 2.48. The van der Waals surface area contributed by atoms with Crippen LogP contribution in [0.1, 0.15) is 24.1 Å². The van der Waals surface area contributed by atoms with E-state index in [0.717, 1.165) is 18.2 Å². The van der Waals surface area contributed by atoms with Gasteiger partial charge in [0.05, 0.1) is 34.7 Å². The summed E-state index contributed by atoms with van der Waals surface area (Å²) >= 11 is 0. The molecule has 116 valence electrons. The van der Waals surface area contributed by atoms with Gasteiger partial charge in [0.25, 0.3) is 0 Å². The summed E-state index contributed by atoms with van der Waals surface area (Å²) in [5.41, 5.74) is -1.09. The first kappa shape index (κ1) is 15.9. The largest absolute Gasteiger partial charge is 0.418 e. The van der Waals surface area contributed by atoms with Crippen LogP contribution in [-0.4, -0.2) is 11.3 Å². The molecule has 2 aromatic rings. The highest BCUT2D eigenvalue weighted by molar-refractivity contribution is 5.65. The van der Waals surface area contributed by atoms with Gasteiger partial charge in [0.2, 0.25) is 0 Å². The molecular formula is C15H12F4N2O. The predicted octanol–water partition coefficient (Wildman–Crippen LogP) is 4.29. The van der Waals surface area contributed by atoms with Crippen molar-refractivity contribution >= 4 is 17.7 Å². The third-order valence-electron chi connectivity index (χ3n) is 3.05. The zero-order chi connectivity index (χ0) is 16.3. The lowest BCUT2D eigenvalue weighted by molar-refractivity contribution is -0.137. The summed E-state index contributed by atoms with van der Waals surface area (Å²) in [6, 6.07) is 5.66. The number of aromatic nitrogens is 1. The van der Waals surface area contributed by atoms with Gasteiger partial charge in [0, 0.05) is 0 Å². The minimum Gasteiger partial charge on any atom is -0.351 e. The molecule has 1 heterocycles. The van der Waals surface area contributed by atoms with Gasteiger partial charge < -0.3 is 10.1 Å². The van der Waals surface area contributed by atoms with Crippen LogP contribution in [0.15, 0.2) is 36.5 Å². The van der Waals surface area contributed by atoms with Crippen molar-refractivity contribution in [3.63, 3.8) is 0 Å². The number of pyridine rings is 1. The molecule has 0 saturated carbocycles. The fourth-order valence-electron chi connectivity index (χ4n) is 1.85. The highest BCUT2D eigenvalue weighted by Crippen LogP contribution is 2.37. The van der Waals surface area contributed by atoms with E-state index in [2.05, 4.69) is 10.3 Å². The molecule has 7 heteroatoms. The van der Waals surface area contributed by atoms with Crippen molar-refractivity contribution in [1.29, 1.82) is 0 Å². The maximum atomic E-state index is 13.7. The minimum atomic E-state index is -4.68. The Hall–Kier alpha value is -2.44. The number of carbonyl (C=O) groups is 1. The number of hydrogen-bond acceptors (Lipinski definition) is 3. The topological polar surface area (TPSA) is 42.0 Å². The third kappa shape index (κ3) is 3.41. The SMILES string of the molecule is CC(C=O)c1ccc(Nc2c(F)cccc2C(F)(F)F)cn1. The quantitative estimate of drug-likeness (QED) is 0.676. The molecule has 3 nitrogen and oxygen atoms in total. The van der Waals surface area contributed by atoms with Crippen LogP contribution < -0.4 is 5.32 Å². The first-order valence-electron chi connectivity index (χ1n) is 6.37. The Morgan fingerprint density at radius 1 is 1.23 bits per heavy atom. The first-order chi connectivity index (χ1) is 10.3. The van der Waals surface area contributed by atoms with E-state index < -0.39 is 29.2 Å². The molecule has 0 aliphatic rings. The van der Waals surface area contributed by atoms with E-state index in [0.29, 0.717) is 12.0 Å². The maximum Gasteiger partial charge on any atom is 0.418 e. The second kappa shape index (κ2) is 6.13. The smallest absolute Gasteiger partial charge is 0.351 e. The molecular weight excluding hydrogens is 300 g/mol. The summed E-state index contributed by atoms with van der Waals surface area (Å²) in [5.74, 6) is -1.44. The molecule has 1 atom stereocenters. The number of alkyl halides is 3. The van der Waals surface area contributed by atoms with Crippen LogP contribution in [0.3, 0.4) is 0 Å². The summed E-state index contributed by atoms with van der Waals surface area (Å²) in [5, 5.41) is 2.39. The zero-order valence-electron chi connectivity index (χ0n) is 11.5. The van der Waals surface area contributed by atoms with E-state index in [1.807, 2.05) is 0 Å².